The highest BCUT2D eigenvalue weighted by Gasteiger charge is 2.35. The van der Waals surface area contributed by atoms with Gasteiger partial charge in [-0.1, -0.05) is 26.0 Å². The van der Waals surface area contributed by atoms with Crippen LogP contribution in [-0.2, 0) is 4.87 Å². The van der Waals surface area contributed by atoms with Crippen molar-refractivity contribution in [2.45, 2.75) is 25.1 Å². The summed E-state index contributed by atoms with van der Waals surface area (Å²) >= 11 is 6.77. The molecule has 0 saturated heterocycles. The van der Waals surface area contributed by atoms with E-state index >= 15 is 0 Å². The number of nitro benzene ring substituents is 1. The molecule has 0 radical (unpaired) electrons. The number of benzene rings is 1. The molecule has 106 valence electrons. The van der Waals surface area contributed by atoms with Gasteiger partial charge >= 0.3 is 0 Å². The summed E-state index contributed by atoms with van der Waals surface area (Å²) in [6.07, 6.45) is 0.727. The summed E-state index contributed by atoms with van der Waals surface area (Å²) in [7, 11) is 3.99. The first-order valence-corrected chi connectivity index (χ1v) is 6.77. The standard InChI is InChI=1S/C14H21ClN2O2/c1-5-14(15,11(2)10-16(3)4)12-7-6-8-13(9-12)17(18)19/h6-9,11H,5,10H2,1-4H3/t11-,14-/m1/s1. The number of alkyl halides is 1. The number of non-ortho nitro benzene ring substituents is 1. The molecule has 0 N–H and O–H groups in total. The number of nitro groups is 1. The lowest BCUT2D eigenvalue weighted by atomic mass is 9.83. The Labute approximate surface area is 119 Å². The minimum Gasteiger partial charge on any atom is -0.309 e. The molecule has 0 aliphatic rings. The summed E-state index contributed by atoms with van der Waals surface area (Å²) in [5.74, 6) is 0.191. The molecule has 0 bridgehead atoms. The smallest absolute Gasteiger partial charge is 0.269 e. The molecule has 1 aromatic carbocycles. The van der Waals surface area contributed by atoms with E-state index in [1.165, 1.54) is 6.07 Å². The third-order valence-electron chi connectivity index (χ3n) is 3.47. The molecule has 0 heterocycles. The van der Waals surface area contributed by atoms with Gasteiger partial charge in [0.05, 0.1) is 9.80 Å². The molecule has 2 atom stereocenters. The van der Waals surface area contributed by atoms with E-state index in [0.29, 0.717) is 0 Å². The first-order valence-electron chi connectivity index (χ1n) is 6.39. The van der Waals surface area contributed by atoms with Crippen LogP contribution in [0.4, 0.5) is 5.69 Å². The van der Waals surface area contributed by atoms with Crippen molar-refractivity contribution in [2.24, 2.45) is 5.92 Å². The van der Waals surface area contributed by atoms with Gasteiger partial charge in [-0.3, -0.25) is 10.1 Å². The van der Waals surface area contributed by atoms with E-state index in [4.69, 9.17) is 11.6 Å². The predicted molar refractivity (Wildman–Crippen MR) is 78.6 cm³/mol. The second-order valence-electron chi connectivity index (χ2n) is 5.19. The van der Waals surface area contributed by atoms with Crippen molar-refractivity contribution in [2.75, 3.05) is 20.6 Å². The van der Waals surface area contributed by atoms with Crippen molar-refractivity contribution in [1.82, 2.24) is 4.90 Å². The Bertz CT molecular complexity index is 451. The first kappa shape index (κ1) is 15.9. The minimum atomic E-state index is -0.573. The van der Waals surface area contributed by atoms with Crippen LogP contribution in [0.1, 0.15) is 25.8 Å². The van der Waals surface area contributed by atoms with Gasteiger partial charge in [0.2, 0.25) is 0 Å². The van der Waals surface area contributed by atoms with Gasteiger partial charge in [0.1, 0.15) is 0 Å². The molecule has 0 unspecified atom stereocenters. The van der Waals surface area contributed by atoms with Gasteiger partial charge in [-0.25, -0.2) is 0 Å². The number of rotatable bonds is 6. The molecule has 5 heteroatoms. The molecule has 4 nitrogen and oxygen atoms in total. The lowest BCUT2D eigenvalue weighted by molar-refractivity contribution is -0.385. The fraction of sp³-hybridized carbons (Fsp3) is 0.571. The van der Waals surface area contributed by atoms with Crippen LogP contribution >= 0.6 is 11.6 Å². The summed E-state index contributed by atoms with van der Waals surface area (Å²) in [4.78, 5) is 12.0. The average Bonchev–Trinajstić information content (AvgIpc) is 2.37. The molecule has 0 aliphatic heterocycles. The zero-order chi connectivity index (χ0) is 14.6. The molecule has 0 amide bonds. The number of hydrogen-bond donors (Lipinski definition) is 0. The van der Waals surface area contributed by atoms with E-state index in [0.717, 1.165) is 18.5 Å². The topological polar surface area (TPSA) is 46.4 Å². The van der Waals surface area contributed by atoms with Crippen LogP contribution in [0.5, 0.6) is 0 Å². The molecule has 0 aliphatic carbocycles. The van der Waals surface area contributed by atoms with Crippen LogP contribution < -0.4 is 0 Å². The number of nitrogens with zero attached hydrogens (tertiary/aromatic N) is 2. The normalized spacial score (nSPS) is 16.1. The maximum atomic E-state index is 10.9. The van der Waals surface area contributed by atoms with Crippen LogP contribution in [0.15, 0.2) is 24.3 Å². The summed E-state index contributed by atoms with van der Waals surface area (Å²) in [6, 6.07) is 6.65. The largest absolute Gasteiger partial charge is 0.309 e. The van der Waals surface area contributed by atoms with Crippen molar-refractivity contribution >= 4 is 17.3 Å². The molecule has 0 saturated carbocycles. The van der Waals surface area contributed by atoms with Crippen molar-refractivity contribution < 1.29 is 4.92 Å². The van der Waals surface area contributed by atoms with E-state index < -0.39 is 4.87 Å². The third kappa shape index (κ3) is 3.67. The van der Waals surface area contributed by atoms with Crippen molar-refractivity contribution in [3.63, 3.8) is 0 Å². The van der Waals surface area contributed by atoms with Gasteiger partial charge in [-0.2, -0.15) is 0 Å². The Morgan fingerprint density at radius 1 is 1.47 bits per heavy atom. The van der Waals surface area contributed by atoms with Crippen LogP contribution in [0.3, 0.4) is 0 Å². The maximum absolute atomic E-state index is 10.9. The van der Waals surface area contributed by atoms with Crippen LogP contribution in [0.2, 0.25) is 0 Å². The third-order valence-corrected chi connectivity index (χ3v) is 4.33. The Hall–Kier alpha value is -1.13. The van der Waals surface area contributed by atoms with Gasteiger partial charge in [-0.15, -0.1) is 11.6 Å². The first-order chi connectivity index (χ1) is 8.81. The summed E-state index contributed by atoms with van der Waals surface area (Å²) < 4.78 is 0. The van der Waals surface area contributed by atoms with Gasteiger partial charge in [0, 0.05) is 18.7 Å². The van der Waals surface area contributed by atoms with Crippen LogP contribution in [0, 0.1) is 16.0 Å². The second kappa shape index (κ2) is 6.35. The van der Waals surface area contributed by atoms with Gasteiger partial charge in [0.15, 0.2) is 0 Å². The fourth-order valence-corrected chi connectivity index (χ4v) is 2.59. The Morgan fingerprint density at radius 2 is 2.11 bits per heavy atom. The molecule has 1 aromatic rings. The highest BCUT2D eigenvalue weighted by molar-refractivity contribution is 6.24. The van der Waals surface area contributed by atoms with E-state index in [9.17, 15) is 10.1 Å². The van der Waals surface area contributed by atoms with Crippen molar-refractivity contribution in [3.05, 3.63) is 39.9 Å². The monoisotopic (exact) mass is 284 g/mol. The minimum absolute atomic E-state index is 0.0908. The summed E-state index contributed by atoms with van der Waals surface area (Å²) in [5.41, 5.74) is 0.910. The zero-order valence-electron chi connectivity index (χ0n) is 11.9. The lowest BCUT2D eigenvalue weighted by Crippen LogP contribution is -2.34. The molecule has 19 heavy (non-hydrogen) atoms. The highest BCUT2D eigenvalue weighted by Crippen LogP contribution is 2.41. The molecule has 0 fully saturated rings. The summed E-state index contributed by atoms with van der Waals surface area (Å²) in [5, 5.41) is 10.9. The molecule has 0 aromatic heterocycles. The van der Waals surface area contributed by atoms with Gasteiger partial charge in [-0.05, 0) is 32.0 Å². The molecular weight excluding hydrogens is 264 g/mol. The number of hydrogen-bond acceptors (Lipinski definition) is 3. The Balaban J connectivity index is 3.13. The molecule has 1 rings (SSSR count). The summed E-state index contributed by atoms with van der Waals surface area (Å²) in [6.45, 7) is 4.92. The van der Waals surface area contributed by atoms with E-state index in [1.54, 1.807) is 12.1 Å². The average molecular weight is 285 g/mol. The maximum Gasteiger partial charge on any atom is 0.269 e. The molecule has 0 spiro atoms. The molecular formula is C14H21ClN2O2. The second-order valence-corrected chi connectivity index (χ2v) is 5.86. The quantitative estimate of drug-likeness (QED) is 0.455. The van der Waals surface area contributed by atoms with Gasteiger partial charge in [0.25, 0.3) is 5.69 Å². The van der Waals surface area contributed by atoms with Crippen molar-refractivity contribution in [1.29, 1.82) is 0 Å². The predicted octanol–water partition coefficient (Wildman–Crippen LogP) is 3.64. The van der Waals surface area contributed by atoms with Crippen LogP contribution in [0.25, 0.3) is 0 Å². The Morgan fingerprint density at radius 3 is 2.58 bits per heavy atom. The highest BCUT2D eigenvalue weighted by atomic mass is 35.5. The van der Waals surface area contributed by atoms with E-state index in [-0.39, 0.29) is 16.5 Å². The fourth-order valence-electron chi connectivity index (χ4n) is 2.41. The van der Waals surface area contributed by atoms with Gasteiger partial charge < -0.3 is 4.90 Å². The van der Waals surface area contributed by atoms with E-state index in [1.807, 2.05) is 27.1 Å². The van der Waals surface area contributed by atoms with Crippen molar-refractivity contribution in [3.8, 4) is 0 Å². The van der Waals surface area contributed by atoms with Crippen LogP contribution in [-0.4, -0.2) is 30.5 Å². The SMILES string of the molecule is CC[C@](Cl)(c1cccc([N+](=O)[O-])c1)[C@H](C)CN(C)C. The lowest BCUT2D eigenvalue weighted by Gasteiger charge is -2.34. The zero-order valence-corrected chi connectivity index (χ0v) is 12.6. The Kier molecular flexibility index (Phi) is 5.32. The van der Waals surface area contributed by atoms with E-state index in [2.05, 4.69) is 11.8 Å². The number of halogens is 1.